The highest BCUT2D eigenvalue weighted by Crippen LogP contribution is 2.38. The second-order valence-electron chi connectivity index (χ2n) is 6.44. The predicted octanol–water partition coefficient (Wildman–Crippen LogP) is 2.72. The first-order valence-electron chi connectivity index (χ1n) is 7.62. The zero-order chi connectivity index (χ0) is 13.9. The SMILES string of the molecule is CCC1CCC(O)(CNC(=O)C2(C)CCCS2)CC1. The number of rotatable bonds is 4. The maximum absolute atomic E-state index is 12.2. The molecule has 0 aromatic heterocycles. The highest BCUT2D eigenvalue weighted by atomic mass is 32.2. The van der Waals surface area contributed by atoms with E-state index in [1.165, 1.54) is 6.42 Å². The third kappa shape index (κ3) is 3.66. The van der Waals surface area contributed by atoms with Crippen molar-refractivity contribution in [1.29, 1.82) is 0 Å². The summed E-state index contributed by atoms with van der Waals surface area (Å²) in [5, 5.41) is 13.5. The van der Waals surface area contributed by atoms with Gasteiger partial charge in [0, 0.05) is 6.54 Å². The van der Waals surface area contributed by atoms with Gasteiger partial charge in [0.2, 0.25) is 5.91 Å². The van der Waals surface area contributed by atoms with E-state index in [9.17, 15) is 9.90 Å². The Morgan fingerprint density at radius 2 is 2.05 bits per heavy atom. The van der Waals surface area contributed by atoms with E-state index in [2.05, 4.69) is 12.2 Å². The summed E-state index contributed by atoms with van der Waals surface area (Å²) in [5.74, 6) is 1.95. The first-order valence-corrected chi connectivity index (χ1v) is 8.61. The summed E-state index contributed by atoms with van der Waals surface area (Å²) in [6.07, 6.45) is 7.13. The molecule has 2 aliphatic rings. The third-order valence-corrected chi connectivity index (χ3v) is 6.41. The van der Waals surface area contributed by atoms with Crippen LogP contribution in [0.1, 0.15) is 58.8 Å². The third-order valence-electron chi connectivity index (χ3n) is 4.89. The lowest BCUT2D eigenvalue weighted by atomic mass is 9.78. The second kappa shape index (κ2) is 6.04. The minimum atomic E-state index is -0.666. The van der Waals surface area contributed by atoms with Crippen molar-refractivity contribution in [3.05, 3.63) is 0 Å². The zero-order valence-corrected chi connectivity index (χ0v) is 13.0. The van der Waals surface area contributed by atoms with Crippen LogP contribution in [0.25, 0.3) is 0 Å². The summed E-state index contributed by atoms with van der Waals surface area (Å²) in [7, 11) is 0. The number of carbonyl (C=O) groups is 1. The topological polar surface area (TPSA) is 49.3 Å². The van der Waals surface area contributed by atoms with Crippen LogP contribution >= 0.6 is 11.8 Å². The normalized spacial score (nSPS) is 39.2. The molecular weight excluding hydrogens is 258 g/mol. The summed E-state index contributed by atoms with van der Waals surface area (Å²) < 4.78 is -0.267. The van der Waals surface area contributed by atoms with Gasteiger partial charge in [-0.3, -0.25) is 4.79 Å². The maximum atomic E-state index is 12.2. The largest absolute Gasteiger partial charge is 0.388 e. The highest BCUT2D eigenvalue weighted by Gasteiger charge is 2.39. The molecule has 2 fully saturated rings. The highest BCUT2D eigenvalue weighted by molar-refractivity contribution is 8.01. The molecule has 19 heavy (non-hydrogen) atoms. The first kappa shape index (κ1) is 15.2. The van der Waals surface area contributed by atoms with Crippen molar-refractivity contribution < 1.29 is 9.90 Å². The Labute approximate surface area is 120 Å². The molecule has 4 heteroatoms. The Kier molecular flexibility index (Phi) is 4.83. The number of carbonyl (C=O) groups excluding carboxylic acids is 1. The first-order chi connectivity index (χ1) is 8.97. The Hall–Kier alpha value is -0.220. The van der Waals surface area contributed by atoms with Crippen LogP contribution in [-0.2, 0) is 4.79 Å². The van der Waals surface area contributed by atoms with E-state index in [-0.39, 0.29) is 10.7 Å². The van der Waals surface area contributed by atoms with Gasteiger partial charge in [-0.05, 0) is 57.1 Å². The average Bonchev–Trinajstić information content (AvgIpc) is 2.85. The molecule has 3 nitrogen and oxygen atoms in total. The lowest BCUT2D eigenvalue weighted by Gasteiger charge is -2.36. The summed E-state index contributed by atoms with van der Waals surface area (Å²) in [5.41, 5.74) is -0.666. The minimum absolute atomic E-state index is 0.112. The standard InChI is InChI=1S/C15H27NO2S/c1-3-12-5-8-15(18,9-6-12)11-16-13(17)14(2)7-4-10-19-14/h12,18H,3-11H2,1-2H3,(H,16,17). The average molecular weight is 285 g/mol. The van der Waals surface area contributed by atoms with Crippen molar-refractivity contribution in [2.45, 2.75) is 69.1 Å². The lowest BCUT2D eigenvalue weighted by Crippen LogP contribution is -2.49. The van der Waals surface area contributed by atoms with Crippen LogP contribution in [-0.4, -0.2) is 33.7 Å². The second-order valence-corrected chi connectivity index (χ2v) is 8.04. The van der Waals surface area contributed by atoms with Crippen molar-refractivity contribution in [3.63, 3.8) is 0 Å². The van der Waals surface area contributed by atoms with Crippen LogP contribution in [0.4, 0.5) is 0 Å². The van der Waals surface area contributed by atoms with Crippen LogP contribution in [0, 0.1) is 5.92 Å². The molecule has 1 saturated carbocycles. The molecule has 1 heterocycles. The van der Waals surface area contributed by atoms with Gasteiger partial charge in [0.25, 0.3) is 0 Å². The lowest BCUT2D eigenvalue weighted by molar-refractivity contribution is -0.124. The summed E-state index contributed by atoms with van der Waals surface area (Å²) in [4.78, 5) is 12.2. The molecule has 1 unspecified atom stereocenters. The molecule has 1 amide bonds. The number of nitrogens with one attached hydrogen (secondary N) is 1. The molecule has 2 N–H and O–H groups in total. The summed E-state index contributed by atoms with van der Waals surface area (Å²) in [6, 6.07) is 0. The fourth-order valence-corrected chi connectivity index (χ4v) is 4.42. The quantitative estimate of drug-likeness (QED) is 0.835. The van der Waals surface area contributed by atoms with Crippen molar-refractivity contribution in [2.24, 2.45) is 5.92 Å². The molecule has 0 aromatic carbocycles. The smallest absolute Gasteiger partial charge is 0.236 e. The van der Waals surface area contributed by atoms with Gasteiger partial charge < -0.3 is 10.4 Å². The monoisotopic (exact) mass is 285 g/mol. The van der Waals surface area contributed by atoms with Gasteiger partial charge >= 0.3 is 0 Å². The predicted molar refractivity (Wildman–Crippen MR) is 80.3 cm³/mol. The number of hydrogen-bond donors (Lipinski definition) is 2. The van der Waals surface area contributed by atoms with Crippen LogP contribution in [0.5, 0.6) is 0 Å². The molecule has 2 rings (SSSR count). The Morgan fingerprint density at radius 1 is 1.37 bits per heavy atom. The van der Waals surface area contributed by atoms with Crippen LogP contribution in [0.15, 0.2) is 0 Å². The molecule has 1 aliphatic heterocycles. The maximum Gasteiger partial charge on any atom is 0.236 e. The van der Waals surface area contributed by atoms with Gasteiger partial charge in [-0.25, -0.2) is 0 Å². The van der Waals surface area contributed by atoms with Gasteiger partial charge in [0.1, 0.15) is 0 Å². The molecule has 0 radical (unpaired) electrons. The molecule has 0 aromatic rings. The molecule has 1 aliphatic carbocycles. The van der Waals surface area contributed by atoms with Crippen molar-refractivity contribution in [1.82, 2.24) is 5.32 Å². The Morgan fingerprint density at radius 3 is 2.58 bits per heavy atom. The van der Waals surface area contributed by atoms with E-state index < -0.39 is 5.60 Å². The van der Waals surface area contributed by atoms with Crippen molar-refractivity contribution in [3.8, 4) is 0 Å². The Bertz CT molecular complexity index is 318. The molecule has 0 spiro atoms. The molecule has 1 saturated heterocycles. The number of hydrogen-bond acceptors (Lipinski definition) is 3. The summed E-state index contributed by atoms with van der Waals surface area (Å²) >= 11 is 1.75. The fraction of sp³-hybridized carbons (Fsp3) is 0.933. The van der Waals surface area contributed by atoms with Crippen molar-refractivity contribution in [2.75, 3.05) is 12.3 Å². The van der Waals surface area contributed by atoms with Gasteiger partial charge in [0.15, 0.2) is 0 Å². The van der Waals surface area contributed by atoms with Gasteiger partial charge in [0.05, 0.1) is 10.3 Å². The van der Waals surface area contributed by atoms with Gasteiger partial charge in [-0.15, -0.1) is 11.8 Å². The van der Waals surface area contributed by atoms with E-state index in [4.69, 9.17) is 0 Å². The van der Waals surface area contributed by atoms with Gasteiger partial charge in [-0.2, -0.15) is 0 Å². The van der Waals surface area contributed by atoms with E-state index >= 15 is 0 Å². The van der Waals surface area contributed by atoms with Crippen LogP contribution < -0.4 is 5.32 Å². The number of aliphatic hydroxyl groups is 1. The molecule has 0 bridgehead atoms. The van der Waals surface area contributed by atoms with Crippen LogP contribution in [0.2, 0.25) is 0 Å². The van der Waals surface area contributed by atoms with Crippen LogP contribution in [0.3, 0.4) is 0 Å². The van der Waals surface area contributed by atoms with Gasteiger partial charge in [-0.1, -0.05) is 13.3 Å². The Balaban J connectivity index is 1.80. The molecule has 110 valence electrons. The summed E-state index contributed by atoms with van der Waals surface area (Å²) in [6.45, 7) is 4.67. The zero-order valence-electron chi connectivity index (χ0n) is 12.2. The van der Waals surface area contributed by atoms with E-state index in [0.717, 1.165) is 50.2 Å². The molecule has 1 atom stereocenters. The van der Waals surface area contributed by atoms with E-state index in [1.807, 2.05) is 6.92 Å². The minimum Gasteiger partial charge on any atom is -0.388 e. The molecular formula is C15H27NO2S. The number of amides is 1. The fourth-order valence-electron chi connectivity index (χ4n) is 3.19. The number of thioether (sulfide) groups is 1. The van der Waals surface area contributed by atoms with Crippen molar-refractivity contribution >= 4 is 17.7 Å². The van der Waals surface area contributed by atoms with E-state index in [1.54, 1.807) is 11.8 Å². The van der Waals surface area contributed by atoms with E-state index in [0.29, 0.717) is 6.54 Å².